The molecular formula is C11H11ClF3N5O. The third-order valence-corrected chi connectivity index (χ3v) is 2.96. The minimum absolute atomic E-state index is 0.121. The van der Waals surface area contributed by atoms with Crippen LogP contribution < -0.4 is 10.9 Å². The van der Waals surface area contributed by atoms with Crippen molar-refractivity contribution in [3.63, 3.8) is 0 Å². The summed E-state index contributed by atoms with van der Waals surface area (Å²) in [4.78, 5) is 11.8. The average Bonchev–Trinajstić information content (AvgIpc) is 2.66. The molecule has 21 heavy (non-hydrogen) atoms. The number of nitrogens with one attached hydrogen (secondary N) is 1. The van der Waals surface area contributed by atoms with Gasteiger partial charge in [0.15, 0.2) is 0 Å². The van der Waals surface area contributed by atoms with Crippen LogP contribution in [0.25, 0.3) is 0 Å². The molecule has 1 N–H and O–H groups in total. The average molecular weight is 322 g/mol. The van der Waals surface area contributed by atoms with E-state index in [2.05, 4.69) is 15.5 Å². The van der Waals surface area contributed by atoms with E-state index >= 15 is 0 Å². The predicted molar refractivity (Wildman–Crippen MR) is 70.8 cm³/mol. The van der Waals surface area contributed by atoms with Crippen LogP contribution in [0.3, 0.4) is 0 Å². The Kier molecular flexibility index (Phi) is 3.95. The Morgan fingerprint density at radius 1 is 1.38 bits per heavy atom. The number of anilines is 2. The largest absolute Gasteiger partial charge is 0.408 e. The van der Waals surface area contributed by atoms with Crippen molar-refractivity contribution < 1.29 is 13.2 Å². The molecule has 0 aliphatic rings. The summed E-state index contributed by atoms with van der Waals surface area (Å²) in [7, 11) is 1.71. The topological polar surface area (TPSA) is 64.7 Å². The fourth-order valence-corrected chi connectivity index (χ4v) is 1.90. The number of hydrogen-bond donors (Lipinski definition) is 1. The molecule has 0 fully saturated rings. The molecule has 2 heterocycles. The molecule has 0 atom stereocenters. The second-order valence-corrected chi connectivity index (χ2v) is 4.76. The summed E-state index contributed by atoms with van der Waals surface area (Å²) < 4.78 is 38.7. The zero-order valence-electron chi connectivity index (χ0n) is 11.1. The minimum atomic E-state index is -4.55. The normalized spacial score (nSPS) is 11.7. The van der Waals surface area contributed by atoms with Crippen molar-refractivity contribution in [2.24, 2.45) is 7.05 Å². The first-order chi connectivity index (χ1) is 9.67. The predicted octanol–water partition coefficient (Wildman–Crippen LogP) is 2.24. The number of rotatable bonds is 3. The summed E-state index contributed by atoms with van der Waals surface area (Å²) in [6, 6.07) is 0. The third kappa shape index (κ3) is 3.54. The molecule has 2 aromatic rings. The van der Waals surface area contributed by atoms with E-state index in [1.807, 2.05) is 0 Å². The lowest BCUT2D eigenvalue weighted by atomic mass is 10.3. The zero-order chi connectivity index (χ0) is 15.8. The molecule has 0 saturated heterocycles. The van der Waals surface area contributed by atoms with Gasteiger partial charge in [-0.05, 0) is 6.92 Å². The summed E-state index contributed by atoms with van der Waals surface area (Å²) in [5.41, 5.74) is 0.332. The van der Waals surface area contributed by atoms with Gasteiger partial charge < -0.3 is 5.32 Å². The Morgan fingerprint density at radius 3 is 2.57 bits per heavy atom. The van der Waals surface area contributed by atoms with E-state index in [0.29, 0.717) is 11.4 Å². The highest BCUT2D eigenvalue weighted by Crippen LogP contribution is 2.23. The highest BCUT2D eigenvalue weighted by atomic mass is 35.5. The minimum Gasteiger partial charge on any atom is -0.350 e. The maximum atomic E-state index is 12.3. The van der Waals surface area contributed by atoms with Gasteiger partial charge in [0.25, 0.3) is 5.56 Å². The number of alkyl halides is 3. The van der Waals surface area contributed by atoms with Crippen LogP contribution in [0.15, 0.2) is 17.2 Å². The molecule has 6 nitrogen and oxygen atoms in total. The van der Waals surface area contributed by atoms with Gasteiger partial charge in [0.05, 0.1) is 23.3 Å². The van der Waals surface area contributed by atoms with Crippen molar-refractivity contribution in [1.29, 1.82) is 0 Å². The maximum Gasteiger partial charge on any atom is 0.408 e. The fourth-order valence-electron chi connectivity index (χ4n) is 1.70. The van der Waals surface area contributed by atoms with Gasteiger partial charge in [0, 0.05) is 13.2 Å². The third-order valence-electron chi connectivity index (χ3n) is 2.60. The Labute approximate surface area is 122 Å². The standard InChI is InChI=1S/C11H11ClF3N5O/c1-6-8(4-19(2)18-6)17-7-3-16-20(5-11(13,14)15)10(21)9(7)12/h3-4,17H,5H2,1-2H3. The molecule has 0 aliphatic carbocycles. The van der Waals surface area contributed by atoms with Crippen molar-refractivity contribution in [3.8, 4) is 0 Å². The molecule has 2 rings (SSSR count). The van der Waals surface area contributed by atoms with E-state index in [1.165, 1.54) is 0 Å². The summed E-state index contributed by atoms with van der Waals surface area (Å²) in [5.74, 6) is 0. The van der Waals surface area contributed by atoms with Gasteiger partial charge in [0.1, 0.15) is 11.6 Å². The van der Waals surface area contributed by atoms with Crippen LogP contribution in [0.4, 0.5) is 24.5 Å². The molecule has 0 unspecified atom stereocenters. The Morgan fingerprint density at radius 2 is 2.05 bits per heavy atom. The van der Waals surface area contributed by atoms with E-state index < -0.39 is 18.3 Å². The Balaban J connectivity index is 2.33. The second-order valence-electron chi connectivity index (χ2n) is 4.38. The molecular weight excluding hydrogens is 311 g/mol. The highest BCUT2D eigenvalue weighted by molar-refractivity contribution is 6.33. The first kappa shape index (κ1) is 15.4. The summed E-state index contributed by atoms with van der Waals surface area (Å²) in [5, 5.41) is 10.0. The van der Waals surface area contributed by atoms with Crippen molar-refractivity contribution in [2.75, 3.05) is 5.32 Å². The molecule has 0 saturated carbocycles. The fraction of sp³-hybridized carbons (Fsp3) is 0.364. The van der Waals surface area contributed by atoms with Crippen LogP contribution >= 0.6 is 11.6 Å². The maximum absolute atomic E-state index is 12.3. The lowest BCUT2D eigenvalue weighted by Crippen LogP contribution is -2.30. The van der Waals surface area contributed by atoms with Crippen molar-refractivity contribution >= 4 is 23.0 Å². The SMILES string of the molecule is Cc1nn(C)cc1Nc1cnn(CC(F)(F)F)c(=O)c1Cl. The van der Waals surface area contributed by atoms with Crippen molar-refractivity contribution in [3.05, 3.63) is 33.5 Å². The van der Waals surface area contributed by atoms with Crippen molar-refractivity contribution in [2.45, 2.75) is 19.6 Å². The summed E-state index contributed by atoms with van der Waals surface area (Å²) >= 11 is 5.81. The number of aromatic nitrogens is 4. The molecule has 0 spiro atoms. The van der Waals surface area contributed by atoms with Crippen LogP contribution in [0.2, 0.25) is 5.02 Å². The van der Waals surface area contributed by atoms with E-state index in [1.54, 1.807) is 24.9 Å². The monoisotopic (exact) mass is 321 g/mol. The molecule has 0 aliphatic heterocycles. The quantitative estimate of drug-likeness (QED) is 0.941. The highest BCUT2D eigenvalue weighted by Gasteiger charge is 2.29. The number of nitrogens with zero attached hydrogens (tertiary/aromatic N) is 4. The van der Waals surface area contributed by atoms with Crippen LogP contribution in [-0.4, -0.2) is 25.7 Å². The van der Waals surface area contributed by atoms with Gasteiger partial charge in [-0.2, -0.15) is 23.4 Å². The van der Waals surface area contributed by atoms with Gasteiger partial charge in [-0.15, -0.1) is 0 Å². The van der Waals surface area contributed by atoms with Gasteiger partial charge >= 0.3 is 6.18 Å². The van der Waals surface area contributed by atoms with E-state index in [-0.39, 0.29) is 15.4 Å². The smallest absolute Gasteiger partial charge is 0.350 e. The van der Waals surface area contributed by atoms with E-state index in [4.69, 9.17) is 11.6 Å². The van der Waals surface area contributed by atoms with E-state index in [0.717, 1.165) is 6.20 Å². The molecule has 10 heteroatoms. The van der Waals surface area contributed by atoms with Crippen molar-refractivity contribution in [1.82, 2.24) is 19.6 Å². The second kappa shape index (κ2) is 5.40. The number of aryl methyl sites for hydroxylation is 2. The van der Waals surface area contributed by atoms with Gasteiger partial charge in [-0.3, -0.25) is 9.48 Å². The Bertz CT molecular complexity index is 722. The molecule has 0 bridgehead atoms. The summed E-state index contributed by atoms with van der Waals surface area (Å²) in [6.07, 6.45) is -1.83. The molecule has 0 amide bonds. The first-order valence-electron chi connectivity index (χ1n) is 5.77. The molecule has 114 valence electrons. The lowest BCUT2D eigenvalue weighted by Gasteiger charge is -2.11. The van der Waals surface area contributed by atoms with Gasteiger partial charge in [-0.1, -0.05) is 11.6 Å². The summed E-state index contributed by atoms with van der Waals surface area (Å²) in [6.45, 7) is 0.242. The molecule has 0 aromatic carbocycles. The molecule has 2 aromatic heterocycles. The van der Waals surface area contributed by atoms with Gasteiger partial charge in [0.2, 0.25) is 0 Å². The number of halogens is 4. The van der Waals surface area contributed by atoms with E-state index in [9.17, 15) is 18.0 Å². The molecule has 0 radical (unpaired) electrons. The van der Waals surface area contributed by atoms with Gasteiger partial charge in [-0.25, -0.2) is 4.68 Å². The zero-order valence-corrected chi connectivity index (χ0v) is 11.8. The van der Waals surface area contributed by atoms with Crippen LogP contribution in [0, 0.1) is 6.92 Å². The first-order valence-corrected chi connectivity index (χ1v) is 6.15. The van der Waals surface area contributed by atoms with Crippen LogP contribution in [0.1, 0.15) is 5.69 Å². The Hall–Kier alpha value is -2.03. The van der Waals surface area contributed by atoms with Crippen LogP contribution in [0.5, 0.6) is 0 Å². The number of hydrogen-bond acceptors (Lipinski definition) is 4. The lowest BCUT2D eigenvalue weighted by molar-refractivity contribution is -0.143. The van der Waals surface area contributed by atoms with Crippen LogP contribution in [-0.2, 0) is 13.6 Å².